The molecule has 1 aromatic carbocycles. The number of unbranched alkanes of at least 4 members (excludes halogenated alkanes) is 3. The van der Waals surface area contributed by atoms with Crippen molar-refractivity contribution < 1.29 is 13.3 Å². The van der Waals surface area contributed by atoms with Gasteiger partial charge in [-0.05, 0) is 18.6 Å². The summed E-state index contributed by atoms with van der Waals surface area (Å²) in [7, 11) is -3.92. The monoisotopic (exact) mass is 301 g/mol. The molecule has 0 radical (unpaired) electrons. The molecule has 0 saturated carbocycles. The van der Waals surface area contributed by atoms with E-state index in [2.05, 4.69) is 11.6 Å². The number of nitrogen functional groups attached to an aromatic ring is 1. The highest BCUT2D eigenvalue weighted by Crippen LogP contribution is 2.29. The maximum Gasteiger partial charge on any atom is 0.312 e. The van der Waals surface area contributed by atoms with Crippen LogP contribution in [0.2, 0.25) is 0 Å². The van der Waals surface area contributed by atoms with E-state index in [1.165, 1.54) is 18.2 Å². The Hall–Kier alpha value is -1.67. The molecule has 0 spiro atoms. The second-order valence-corrected chi connectivity index (χ2v) is 6.14. The van der Waals surface area contributed by atoms with E-state index in [4.69, 9.17) is 5.73 Å². The Morgan fingerprint density at radius 3 is 2.60 bits per heavy atom. The van der Waals surface area contributed by atoms with Crippen LogP contribution in [0.1, 0.15) is 32.6 Å². The van der Waals surface area contributed by atoms with Gasteiger partial charge in [0.15, 0.2) is 4.90 Å². The van der Waals surface area contributed by atoms with Crippen molar-refractivity contribution in [1.82, 2.24) is 4.72 Å². The summed E-state index contributed by atoms with van der Waals surface area (Å²) in [4.78, 5) is 9.77. The van der Waals surface area contributed by atoms with Crippen LogP contribution in [0, 0.1) is 10.1 Å². The first-order valence-electron chi connectivity index (χ1n) is 6.42. The Morgan fingerprint density at radius 1 is 1.30 bits per heavy atom. The summed E-state index contributed by atoms with van der Waals surface area (Å²) in [5.74, 6) is 0. The van der Waals surface area contributed by atoms with E-state index in [-0.39, 0.29) is 12.2 Å². The van der Waals surface area contributed by atoms with E-state index in [1.54, 1.807) is 0 Å². The van der Waals surface area contributed by atoms with Gasteiger partial charge in [0, 0.05) is 6.54 Å². The number of nitrogens with zero attached hydrogens (tertiary/aromatic N) is 1. The van der Waals surface area contributed by atoms with Gasteiger partial charge in [0.2, 0.25) is 10.0 Å². The van der Waals surface area contributed by atoms with E-state index in [9.17, 15) is 18.5 Å². The average molecular weight is 301 g/mol. The van der Waals surface area contributed by atoms with Crippen molar-refractivity contribution in [3.63, 3.8) is 0 Å². The molecule has 1 rings (SSSR count). The lowest BCUT2D eigenvalue weighted by atomic mass is 10.2. The zero-order valence-corrected chi connectivity index (χ0v) is 12.1. The lowest BCUT2D eigenvalue weighted by molar-refractivity contribution is -0.386. The SMILES string of the molecule is CCCCCCNS(=O)(=O)c1cccc(N)c1[N+](=O)[O-]. The molecule has 3 N–H and O–H groups in total. The topological polar surface area (TPSA) is 115 Å². The Kier molecular flexibility index (Phi) is 5.90. The highest BCUT2D eigenvalue weighted by atomic mass is 32.2. The molecule has 20 heavy (non-hydrogen) atoms. The number of benzene rings is 1. The molecular weight excluding hydrogens is 282 g/mol. The van der Waals surface area contributed by atoms with E-state index in [1.807, 2.05) is 0 Å². The summed E-state index contributed by atoms with van der Waals surface area (Å²) in [6.45, 7) is 2.31. The Balaban J connectivity index is 2.88. The third kappa shape index (κ3) is 4.17. The number of sulfonamides is 1. The van der Waals surface area contributed by atoms with Crippen LogP contribution in [0.15, 0.2) is 23.1 Å². The minimum Gasteiger partial charge on any atom is -0.393 e. The van der Waals surface area contributed by atoms with Gasteiger partial charge in [-0.15, -0.1) is 0 Å². The van der Waals surface area contributed by atoms with Crippen LogP contribution in [0.5, 0.6) is 0 Å². The van der Waals surface area contributed by atoms with Crippen molar-refractivity contribution in [2.45, 2.75) is 37.5 Å². The van der Waals surface area contributed by atoms with Crippen molar-refractivity contribution in [2.24, 2.45) is 0 Å². The zero-order valence-electron chi connectivity index (χ0n) is 11.3. The fourth-order valence-electron chi connectivity index (χ4n) is 1.79. The molecule has 7 nitrogen and oxygen atoms in total. The summed E-state index contributed by atoms with van der Waals surface area (Å²) in [5, 5.41) is 10.9. The molecule has 0 atom stereocenters. The van der Waals surface area contributed by atoms with Crippen LogP contribution in [-0.4, -0.2) is 19.9 Å². The zero-order chi connectivity index (χ0) is 15.2. The summed E-state index contributed by atoms with van der Waals surface area (Å²) in [6, 6.07) is 3.87. The van der Waals surface area contributed by atoms with Crippen LogP contribution >= 0.6 is 0 Å². The van der Waals surface area contributed by atoms with Crippen molar-refractivity contribution >= 4 is 21.4 Å². The summed E-state index contributed by atoms with van der Waals surface area (Å²) in [5.41, 5.74) is 4.74. The molecule has 0 amide bonds. The second-order valence-electron chi connectivity index (χ2n) is 4.41. The molecule has 0 saturated heterocycles. The Morgan fingerprint density at radius 2 is 2.00 bits per heavy atom. The lowest BCUT2D eigenvalue weighted by Crippen LogP contribution is -2.25. The normalized spacial score (nSPS) is 11.4. The molecular formula is C12H19N3O4S. The molecule has 0 bridgehead atoms. The predicted octanol–water partition coefficient (Wildman–Crippen LogP) is 2.04. The minimum absolute atomic E-state index is 0.163. The van der Waals surface area contributed by atoms with Gasteiger partial charge in [0.1, 0.15) is 5.69 Å². The van der Waals surface area contributed by atoms with E-state index in [0.29, 0.717) is 6.42 Å². The van der Waals surface area contributed by atoms with Crippen LogP contribution < -0.4 is 10.5 Å². The Bertz CT molecular complexity index is 572. The second kappa shape index (κ2) is 7.20. The van der Waals surface area contributed by atoms with Crippen LogP contribution in [-0.2, 0) is 10.0 Å². The maximum atomic E-state index is 12.1. The molecule has 0 aromatic heterocycles. The number of nitro benzene ring substituents is 1. The molecule has 8 heteroatoms. The quantitative estimate of drug-likeness (QED) is 0.330. The standard InChI is InChI=1S/C12H19N3O4S/c1-2-3-4-5-9-14-20(18,19)11-8-6-7-10(13)12(11)15(16)17/h6-8,14H,2-5,9,13H2,1H3. The maximum absolute atomic E-state index is 12.1. The van der Waals surface area contributed by atoms with E-state index in [0.717, 1.165) is 19.3 Å². The van der Waals surface area contributed by atoms with Gasteiger partial charge in [0.05, 0.1) is 4.92 Å². The van der Waals surface area contributed by atoms with Gasteiger partial charge in [-0.2, -0.15) is 0 Å². The first kappa shape index (κ1) is 16.4. The fourth-order valence-corrected chi connectivity index (χ4v) is 3.06. The van der Waals surface area contributed by atoms with Gasteiger partial charge < -0.3 is 5.73 Å². The molecule has 0 fully saturated rings. The van der Waals surface area contributed by atoms with Crippen LogP contribution in [0.3, 0.4) is 0 Å². The number of rotatable bonds is 8. The van der Waals surface area contributed by atoms with Gasteiger partial charge in [-0.3, -0.25) is 10.1 Å². The lowest BCUT2D eigenvalue weighted by Gasteiger charge is -2.08. The highest BCUT2D eigenvalue weighted by Gasteiger charge is 2.27. The summed E-state index contributed by atoms with van der Waals surface area (Å²) in [6.07, 6.45) is 3.69. The first-order chi connectivity index (χ1) is 9.40. The van der Waals surface area contributed by atoms with Crippen molar-refractivity contribution in [2.75, 3.05) is 12.3 Å². The van der Waals surface area contributed by atoms with Crippen molar-refractivity contribution in [1.29, 1.82) is 0 Å². The molecule has 0 aliphatic heterocycles. The van der Waals surface area contributed by atoms with Crippen LogP contribution in [0.25, 0.3) is 0 Å². The number of para-hydroxylation sites is 1. The van der Waals surface area contributed by atoms with Gasteiger partial charge in [0.25, 0.3) is 0 Å². The fraction of sp³-hybridized carbons (Fsp3) is 0.500. The van der Waals surface area contributed by atoms with Crippen molar-refractivity contribution in [3.05, 3.63) is 28.3 Å². The van der Waals surface area contributed by atoms with Crippen molar-refractivity contribution in [3.8, 4) is 0 Å². The smallest absolute Gasteiger partial charge is 0.312 e. The third-order valence-corrected chi connectivity index (χ3v) is 4.32. The predicted molar refractivity (Wildman–Crippen MR) is 76.8 cm³/mol. The number of hydrogen-bond donors (Lipinski definition) is 2. The molecule has 0 aliphatic carbocycles. The molecule has 112 valence electrons. The molecule has 0 heterocycles. The Labute approximate surface area is 118 Å². The van der Waals surface area contributed by atoms with Gasteiger partial charge in [-0.25, -0.2) is 13.1 Å². The molecule has 0 aliphatic rings. The molecule has 1 aromatic rings. The van der Waals surface area contributed by atoms with Gasteiger partial charge >= 0.3 is 5.69 Å². The average Bonchev–Trinajstić information content (AvgIpc) is 2.37. The van der Waals surface area contributed by atoms with Crippen LogP contribution in [0.4, 0.5) is 11.4 Å². The first-order valence-corrected chi connectivity index (χ1v) is 7.91. The number of anilines is 1. The number of nitro groups is 1. The van der Waals surface area contributed by atoms with Gasteiger partial charge in [-0.1, -0.05) is 32.3 Å². The van der Waals surface area contributed by atoms with E-state index >= 15 is 0 Å². The van der Waals surface area contributed by atoms with E-state index < -0.39 is 25.5 Å². The summed E-state index contributed by atoms with van der Waals surface area (Å²) >= 11 is 0. The largest absolute Gasteiger partial charge is 0.393 e. The number of hydrogen-bond acceptors (Lipinski definition) is 5. The third-order valence-electron chi connectivity index (χ3n) is 2.82. The molecule has 0 unspecified atom stereocenters. The summed E-state index contributed by atoms with van der Waals surface area (Å²) < 4.78 is 26.5. The number of nitrogens with one attached hydrogen (secondary N) is 1. The highest BCUT2D eigenvalue weighted by molar-refractivity contribution is 7.89. The minimum atomic E-state index is -3.92. The number of nitrogens with two attached hydrogens (primary N) is 1.